The highest BCUT2D eigenvalue weighted by Gasteiger charge is 2.29. The quantitative estimate of drug-likeness (QED) is 0.127. The molecule has 0 aromatic heterocycles. The van der Waals surface area contributed by atoms with Crippen LogP contribution in [-0.4, -0.2) is 53.4 Å². The maximum atomic E-state index is 12.7. The molecular weight excluding hydrogens is 423 g/mol. The summed E-state index contributed by atoms with van der Waals surface area (Å²) in [5, 5.41) is 36.3. The van der Waals surface area contributed by atoms with Gasteiger partial charge in [0.25, 0.3) is 5.91 Å². The second kappa shape index (κ2) is 14.8. The molecular formula is C23H33BN4O5. The van der Waals surface area contributed by atoms with Gasteiger partial charge in [0.1, 0.15) is 17.7 Å². The van der Waals surface area contributed by atoms with Gasteiger partial charge in [-0.1, -0.05) is 50.3 Å². The summed E-state index contributed by atoms with van der Waals surface area (Å²) in [4.78, 5) is 36.3. The van der Waals surface area contributed by atoms with E-state index in [1.165, 1.54) is 6.92 Å². The molecule has 10 heteroatoms. The van der Waals surface area contributed by atoms with Crippen molar-refractivity contribution >= 4 is 24.8 Å². The highest BCUT2D eigenvalue weighted by molar-refractivity contribution is 6.43. The van der Waals surface area contributed by atoms with E-state index in [9.17, 15) is 24.4 Å². The van der Waals surface area contributed by atoms with E-state index in [-0.39, 0.29) is 23.8 Å². The van der Waals surface area contributed by atoms with E-state index in [0.717, 1.165) is 5.56 Å². The van der Waals surface area contributed by atoms with Gasteiger partial charge < -0.3 is 26.0 Å². The lowest BCUT2D eigenvalue weighted by molar-refractivity contribution is -0.128. The molecule has 2 atom stereocenters. The molecule has 178 valence electrons. The van der Waals surface area contributed by atoms with Crippen LogP contribution in [0.5, 0.6) is 0 Å². The maximum absolute atomic E-state index is 12.7. The monoisotopic (exact) mass is 456 g/mol. The summed E-state index contributed by atoms with van der Waals surface area (Å²) < 4.78 is 0. The number of allylic oxidation sites excluding steroid dienone is 1. The lowest BCUT2D eigenvalue weighted by atomic mass is 9.75. The van der Waals surface area contributed by atoms with Crippen LogP contribution in [0.15, 0.2) is 42.0 Å². The molecule has 0 heterocycles. The molecule has 0 aliphatic rings. The molecule has 1 unspecified atom stereocenters. The smallest absolute Gasteiger partial charge is 0.426 e. The maximum Gasteiger partial charge on any atom is 0.475 e. The standard InChI is InChI=1S/C23H33BN4O5/c1-16(2)13-19(15-25)22(30)26-12-8-7-11-20(27-17(3)29)23(31)28-21(24(32)33)14-18-9-5-4-6-10-18/h4-6,9-10,13,16,20-21,32-33H,7-8,11-12,14H2,1-3H3,(H,26,30)(H,27,29)(H,28,31)/t20?,21-/m0/s1. The first kappa shape index (κ1) is 27.9. The molecule has 0 spiro atoms. The predicted molar refractivity (Wildman–Crippen MR) is 125 cm³/mol. The first-order chi connectivity index (χ1) is 15.6. The van der Waals surface area contributed by atoms with Crippen molar-refractivity contribution in [2.24, 2.45) is 5.92 Å². The highest BCUT2D eigenvalue weighted by Crippen LogP contribution is 2.07. The van der Waals surface area contributed by atoms with Crippen molar-refractivity contribution in [3.05, 3.63) is 47.5 Å². The SMILES string of the molecule is CC(=O)NC(CCCCNC(=O)C(C#N)=CC(C)C)C(=O)N[C@@H](Cc1ccccc1)B(O)O. The molecule has 0 saturated heterocycles. The van der Waals surface area contributed by atoms with Gasteiger partial charge >= 0.3 is 7.12 Å². The zero-order valence-electron chi connectivity index (χ0n) is 19.4. The lowest BCUT2D eigenvalue weighted by Crippen LogP contribution is -2.54. The Labute approximate surface area is 195 Å². The van der Waals surface area contributed by atoms with E-state index in [1.807, 2.05) is 50.2 Å². The van der Waals surface area contributed by atoms with Crippen LogP contribution in [0.2, 0.25) is 0 Å². The van der Waals surface area contributed by atoms with Gasteiger partial charge in [-0.25, -0.2) is 0 Å². The highest BCUT2D eigenvalue weighted by atomic mass is 16.4. The van der Waals surface area contributed by atoms with Gasteiger partial charge in [-0.3, -0.25) is 14.4 Å². The molecule has 0 bridgehead atoms. The fourth-order valence-electron chi connectivity index (χ4n) is 3.16. The first-order valence-electron chi connectivity index (χ1n) is 11.0. The number of hydrogen-bond donors (Lipinski definition) is 5. The van der Waals surface area contributed by atoms with Crippen molar-refractivity contribution < 1.29 is 24.4 Å². The minimum Gasteiger partial charge on any atom is -0.426 e. The van der Waals surface area contributed by atoms with Crippen LogP contribution in [-0.2, 0) is 20.8 Å². The molecule has 1 aromatic rings. The van der Waals surface area contributed by atoms with Gasteiger partial charge in [0, 0.05) is 13.5 Å². The summed E-state index contributed by atoms with van der Waals surface area (Å²) in [6.07, 6.45) is 3.15. The summed E-state index contributed by atoms with van der Waals surface area (Å²) >= 11 is 0. The Morgan fingerprint density at radius 1 is 1.12 bits per heavy atom. The fraction of sp³-hybridized carbons (Fsp3) is 0.478. The number of hydrogen-bond acceptors (Lipinski definition) is 6. The number of nitriles is 1. The number of rotatable bonds is 13. The van der Waals surface area contributed by atoms with Gasteiger partial charge in [-0.2, -0.15) is 5.26 Å². The molecule has 0 saturated carbocycles. The molecule has 0 radical (unpaired) electrons. The Morgan fingerprint density at radius 2 is 1.79 bits per heavy atom. The Kier molecular flexibility index (Phi) is 12.5. The zero-order valence-corrected chi connectivity index (χ0v) is 19.4. The number of unbranched alkanes of at least 4 members (excludes halogenated alkanes) is 1. The Hall–Kier alpha value is -3.16. The van der Waals surface area contributed by atoms with Crippen molar-refractivity contribution in [3.8, 4) is 6.07 Å². The van der Waals surface area contributed by atoms with Crippen LogP contribution >= 0.6 is 0 Å². The molecule has 1 aromatic carbocycles. The Morgan fingerprint density at radius 3 is 2.33 bits per heavy atom. The number of amides is 3. The molecule has 1 rings (SSSR count). The van der Waals surface area contributed by atoms with Gasteiger partial charge in [0.15, 0.2) is 0 Å². The third kappa shape index (κ3) is 11.3. The van der Waals surface area contributed by atoms with Gasteiger partial charge in [-0.05, 0) is 37.2 Å². The summed E-state index contributed by atoms with van der Waals surface area (Å²) in [6.45, 7) is 5.36. The third-order valence-electron chi connectivity index (χ3n) is 4.75. The summed E-state index contributed by atoms with van der Waals surface area (Å²) in [6, 6.07) is 10.1. The minimum atomic E-state index is -1.77. The van der Waals surface area contributed by atoms with E-state index in [2.05, 4.69) is 16.0 Å². The lowest BCUT2D eigenvalue weighted by Gasteiger charge is -2.23. The number of carbonyl (C=O) groups is 3. The van der Waals surface area contributed by atoms with Crippen molar-refractivity contribution in [3.63, 3.8) is 0 Å². The average Bonchev–Trinajstić information content (AvgIpc) is 2.75. The van der Waals surface area contributed by atoms with Gasteiger partial charge in [0.05, 0.1) is 5.94 Å². The topological polar surface area (TPSA) is 152 Å². The predicted octanol–water partition coefficient (Wildman–Crippen LogP) is 0.623. The summed E-state index contributed by atoms with van der Waals surface area (Å²) in [5.41, 5.74) is 0.887. The van der Waals surface area contributed by atoms with Crippen LogP contribution in [0.3, 0.4) is 0 Å². The molecule has 5 N–H and O–H groups in total. The normalized spacial score (nSPS) is 12.9. The van der Waals surface area contributed by atoms with Crippen molar-refractivity contribution in [1.29, 1.82) is 5.26 Å². The molecule has 3 amide bonds. The first-order valence-corrected chi connectivity index (χ1v) is 11.0. The van der Waals surface area contributed by atoms with Gasteiger partial charge in [0.2, 0.25) is 11.8 Å². The van der Waals surface area contributed by atoms with Crippen molar-refractivity contribution in [2.45, 2.75) is 58.4 Å². The summed E-state index contributed by atoms with van der Waals surface area (Å²) in [7, 11) is -1.77. The average molecular weight is 456 g/mol. The van der Waals surface area contributed by atoms with Crippen LogP contribution in [0.1, 0.15) is 45.6 Å². The number of benzene rings is 1. The minimum absolute atomic E-state index is 0.0625. The van der Waals surface area contributed by atoms with E-state index in [1.54, 1.807) is 6.08 Å². The second-order valence-electron chi connectivity index (χ2n) is 8.16. The molecule has 0 aliphatic heterocycles. The van der Waals surface area contributed by atoms with E-state index >= 15 is 0 Å². The number of nitrogens with zero attached hydrogens (tertiary/aromatic N) is 1. The van der Waals surface area contributed by atoms with Crippen LogP contribution in [0.25, 0.3) is 0 Å². The van der Waals surface area contributed by atoms with Gasteiger partial charge in [-0.15, -0.1) is 0 Å². The van der Waals surface area contributed by atoms with E-state index in [4.69, 9.17) is 5.26 Å². The van der Waals surface area contributed by atoms with Crippen LogP contribution in [0, 0.1) is 17.2 Å². The Balaban J connectivity index is 2.61. The third-order valence-corrected chi connectivity index (χ3v) is 4.75. The molecule has 0 fully saturated rings. The Bertz CT molecular complexity index is 852. The van der Waals surface area contributed by atoms with Crippen molar-refractivity contribution in [1.82, 2.24) is 16.0 Å². The number of nitrogens with one attached hydrogen (secondary N) is 3. The zero-order chi connectivity index (χ0) is 24.8. The van der Waals surface area contributed by atoms with Crippen molar-refractivity contribution in [2.75, 3.05) is 6.54 Å². The number of carbonyl (C=O) groups excluding carboxylic acids is 3. The fourth-order valence-corrected chi connectivity index (χ4v) is 3.16. The van der Waals surface area contributed by atoms with Crippen LogP contribution < -0.4 is 16.0 Å². The molecule has 33 heavy (non-hydrogen) atoms. The largest absolute Gasteiger partial charge is 0.475 e. The molecule has 0 aliphatic carbocycles. The molecule has 9 nitrogen and oxygen atoms in total. The summed E-state index contributed by atoms with van der Waals surface area (Å²) in [5.74, 6) is -2.21. The van der Waals surface area contributed by atoms with E-state index in [0.29, 0.717) is 25.8 Å². The second-order valence-corrected chi connectivity index (χ2v) is 8.16. The van der Waals surface area contributed by atoms with Crippen LogP contribution in [0.4, 0.5) is 0 Å². The van der Waals surface area contributed by atoms with E-state index < -0.39 is 30.9 Å².